The summed E-state index contributed by atoms with van der Waals surface area (Å²) in [5.41, 5.74) is 0.945. The molecular weight excluding hydrogens is 330 g/mol. The van der Waals surface area contributed by atoms with Gasteiger partial charge in [-0.3, -0.25) is 14.7 Å². The minimum absolute atomic E-state index is 0.00716. The number of likely N-dealkylation sites (tertiary alicyclic amines) is 1. The van der Waals surface area contributed by atoms with Gasteiger partial charge < -0.3 is 4.90 Å². The number of hydrogen-bond acceptors (Lipinski definition) is 4. The monoisotopic (exact) mass is 357 g/mol. The second kappa shape index (κ2) is 8.59. The van der Waals surface area contributed by atoms with Crippen LogP contribution in [-0.2, 0) is 17.9 Å². The zero-order valence-corrected chi connectivity index (χ0v) is 16.0. The highest BCUT2D eigenvalue weighted by Gasteiger charge is 2.29. The summed E-state index contributed by atoms with van der Waals surface area (Å²) in [5, 5.41) is 0. The number of hydrogen-bond donors (Lipinski definition) is 0. The summed E-state index contributed by atoms with van der Waals surface area (Å²) in [6.45, 7) is 4.35. The zero-order chi connectivity index (χ0) is 17.6. The fourth-order valence-corrected chi connectivity index (χ4v) is 4.34. The third-order valence-electron chi connectivity index (χ3n) is 4.84. The van der Waals surface area contributed by atoms with E-state index in [0.29, 0.717) is 13.1 Å². The number of carbonyl (C=O) groups excluding carboxylic acids is 1. The van der Waals surface area contributed by atoms with Crippen molar-refractivity contribution in [1.82, 2.24) is 14.8 Å². The van der Waals surface area contributed by atoms with E-state index in [1.165, 1.54) is 22.6 Å². The van der Waals surface area contributed by atoms with Crippen molar-refractivity contribution in [3.05, 3.63) is 52.0 Å². The van der Waals surface area contributed by atoms with Gasteiger partial charge in [0.2, 0.25) is 5.91 Å². The first kappa shape index (κ1) is 18.1. The average molecular weight is 358 g/mol. The van der Waals surface area contributed by atoms with E-state index in [1.54, 1.807) is 17.5 Å². The number of nitrogens with zero attached hydrogens (tertiary/aromatic N) is 3. The van der Waals surface area contributed by atoms with Crippen LogP contribution < -0.4 is 0 Å². The van der Waals surface area contributed by atoms with Crippen LogP contribution in [0.3, 0.4) is 0 Å². The van der Waals surface area contributed by atoms with Crippen molar-refractivity contribution >= 4 is 17.2 Å². The molecule has 0 unspecified atom stereocenters. The molecule has 0 aliphatic carbocycles. The molecule has 4 nitrogen and oxygen atoms in total. The quantitative estimate of drug-likeness (QED) is 0.815. The maximum Gasteiger partial charge on any atom is 0.240 e. The molecule has 1 aliphatic rings. The van der Waals surface area contributed by atoms with E-state index >= 15 is 0 Å². The summed E-state index contributed by atoms with van der Waals surface area (Å²) in [7, 11) is 2.09. The number of carbonyl (C=O) groups is 1. The molecule has 3 heterocycles. The van der Waals surface area contributed by atoms with Crippen LogP contribution in [0.1, 0.15) is 41.1 Å². The molecule has 1 fully saturated rings. The fraction of sp³-hybridized carbons (Fsp3) is 0.500. The van der Waals surface area contributed by atoms with Crippen molar-refractivity contribution in [3.63, 3.8) is 0 Å². The number of aromatic nitrogens is 1. The van der Waals surface area contributed by atoms with Crippen LogP contribution in [-0.4, -0.2) is 40.3 Å². The fourth-order valence-electron chi connectivity index (χ4n) is 3.43. The van der Waals surface area contributed by atoms with Gasteiger partial charge in [0.15, 0.2) is 0 Å². The SMILES string of the molecule is Cc1ccc(CN(Cc2ccccn2)C(=O)[C@@H]2CCCCCN2C)s1. The van der Waals surface area contributed by atoms with E-state index in [9.17, 15) is 4.79 Å². The molecule has 0 saturated carbocycles. The molecule has 134 valence electrons. The van der Waals surface area contributed by atoms with Crippen LogP contribution in [0, 0.1) is 6.92 Å². The number of pyridine rings is 1. The van der Waals surface area contributed by atoms with Crippen molar-refractivity contribution < 1.29 is 4.79 Å². The first-order chi connectivity index (χ1) is 12.1. The molecular formula is C20H27N3OS. The van der Waals surface area contributed by atoms with Crippen molar-refractivity contribution in [2.45, 2.75) is 51.7 Å². The summed E-state index contributed by atoms with van der Waals surface area (Å²) in [4.78, 5) is 24.5. The molecule has 0 aromatic carbocycles. The first-order valence-corrected chi connectivity index (χ1v) is 9.89. The maximum absolute atomic E-state index is 13.3. The Morgan fingerprint density at radius 2 is 2.12 bits per heavy atom. The van der Waals surface area contributed by atoms with E-state index < -0.39 is 0 Å². The Balaban J connectivity index is 1.79. The van der Waals surface area contributed by atoms with E-state index in [4.69, 9.17) is 0 Å². The molecule has 1 saturated heterocycles. The molecule has 0 N–H and O–H groups in total. The Labute approximate surface area is 154 Å². The molecule has 0 spiro atoms. The predicted molar refractivity (Wildman–Crippen MR) is 102 cm³/mol. The molecule has 5 heteroatoms. The number of rotatable bonds is 5. The van der Waals surface area contributed by atoms with Gasteiger partial charge in [0.1, 0.15) is 0 Å². The van der Waals surface area contributed by atoms with Crippen molar-refractivity contribution in [2.24, 2.45) is 0 Å². The van der Waals surface area contributed by atoms with E-state index in [-0.39, 0.29) is 11.9 Å². The van der Waals surface area contributed by atoms with Gasteiger partial charge in [0, 0.05) is 16.0 Å². The van der Waals surface area contributed by atoms with Crippen LogP contribution in [0.2, 0.25) is 0 Å². The van der Waals surface area contributed by atoms with Gasteiger partial charge in [0.05, 0.1) is 24.8 Å². The van der Waals surface area contributed by atoms with Gasteiger partial charge in [-0.05, 0) is 57.6 Å². The topological polar surface area (TPSA) is 36.4 Å². The smallest absolute Gasteiger partial charge is 0.240 e. The average Bonchev–Trinajstić information content (AvgIpc) is 2.90. The second-order valence-corrected chi connectivity index (χ2v) is 8.25. The normalized spacial score (nSPS) is 18.7. The van der Waals surface area contributed by atoms with Gasteiger partial charge in [-0.1, -0.05) is 18.9 Å². The van der Waals surface area contributed by atoms with Crippen LogP contribution >= 0.6 is 11.3 Å². The second-order valence-electron chi connectivity index (χ2n) is 6.87. The van der Waals surface area contributed by atoms with Crippen LogP contribution in [0.4, 0.5) is 0 Å². The number of amides is 1. The lowest BCUT2D eigenvalue weighted by Crippen LogP contribution is -2.46. The summed E-state index contributed by atoms with van der Waals surface area (Å²) in [5.74, 6) is 0.237. The number of likely N-dealkylation sites (N-methyl/N-ethyl adjacent to an activating group) is 1. The molecule has 1 amide bonds. The summed E-state index contributed by atoms with van der Waals surface area (Å²) in [6.07, 6.45) is 6.29. The minimum Gasteiger partial charge on any atom is -0.330 e. The molecule has 2 aromatic rings. The first-order valence-electron chi connectivity index (χ1n) is 9.08. The Bertz CT molecular complexity index is 685. The van der Waals surface area contributed by atoms with Crippen LogP contribution in [0.15, 0.2) is 36.5 Å². The molecule has 3 rings (SSSR count). The highest BCUT2D eigenvalue weighted by Crippen LogP contribution is 2.22. The summed E-state index contributed by atoms with van der Waals surface area (Å²) in [6, 6.07) is 10.1. The summed E-state index contributed by atoms with van der Waals surface area (Å²) < 4.78 is 0. The maximum atomic E-state index is 13.3. The largest absolute Gasteiger partial charge is 0.330 e. The highest BCUT2D eigenvalue weighted by molar-refractivity contribution is 7.11. The number of thiophene rings is 1. The molecule has 25 heavy (non-hydrogen) atoms. The van der Waals surface area contributed by atoms with Crippen molar-refractivity contribution in [2.75, 3.05) is 13.6 Å². The van der Waals surface area contributed by atoms with E-state index in [1.807, 2.05) is 23.1 Å². The number of aryl methyl sites for hydroxylation is 1. The summed E-state index contributed by atoms with van der Waals surface area (Å²) >= 11 is 1.77. The predicted octanol–water partition coefficient (Wildman–Crippen LogP) is 3.85. The van der Waals surface area contributed by atoms with Crippen LogP contribution in [0.5, 0.6) is 0 Å². The molecule has 2 aromatic heterocycles. The van der Waals surface area contributed by atoms with Crippen molar-refractivity contribution in [1.29, 1.82) is 0 Å². The highest BCUT2D eigenvalue weighted by atomic mass is 32.1. The standard InChI is InChI=1S/C20H27N3OS/c1-16-10-11-18(25-16)15-23(14-17-8-5-6-12-21-17)20(24)19-9-4-3-7-13-22(19)2/h5-6,8,10-12,19H,3-4,7,9,13-15H2,1-2H3/t19-/m0/s1. The van der Waals surface area contributed by atoms with Gasteiger partial charge in [-0.25, -0.2) is 0 Å². The Hall–Kier alpha value is -1.72. The van der Waals surface area contributed by atoms with Crippen molar-refractivity contribution in [3.8, 4) is 0 Å². The molecule has 1 aliphatic heterocycles. The Morgan fingerprint density at radius 3 is 2.84 bits per heavy atom. The van der Waals surface area contributed by atoms with Gasteiger partial charge in [-0.15, -0.1) is 11.3 Å². The lowest BCUT2D eigenvalue weighted by molar-refractivity contribution is -0.138. The lowest BCUT2D eigenvalue weighted by Gasteiger charge is -2.31. The minimum atomic E-state index is -0.00716. The van der Waals surface area contributed by atoms with Gasteiger partial charge in [-0.2, -0.15) is 0 Å². The molecule has 1 atom stereocenters. The van der Waals surface area contributed by atoms with Crippen LogP contribution in [0.25, 0.3) is 0 Å². The van der Waals surface area contributed by atoms with E-state index in [0.717, 1.165) is 25.1 Å². The lowest BCUT2D eigenvalue weighted by atomic mass is 10.1. The third-order valence-corrected chi connectivity index (χ3v) is 5.82. The van der Waals surface area contributed by atoms with Gasteiger partial charge in [0.25, 0.3) is 0 Å². The third kappa shape index (κ3) is 4.89. The zero-order valence-electron chi connectivity index (χ0n) is 15.1. The van der Waals surface area contributed by atoms with Gasteiger partial charge >= 0.3 is 0 Å². The Morgan fingerprint density at radius 1 is 1.24 bits per heavy atom. The molecule has 0 bridgehead atoms. The molecule has 0 radical (unpaired) electrons. The Kier molecular flexibility index (Phi) is 6.21. The van der Waals surface area contributed by atoms with E-state index in [2.05, 4.69) is 36.0 Å².